The molecule has 1 saturated carbocycles. The summed E-state index contributed by atoms with van der Waals surface area (Å²) in [5.41, 5.74) is 0. The highest BCUT2D eigenvalue weighted by Crippen LogP contribution is 2.32. The lowest BCUT2D eigenvalue weighted by Crippen LogP contribution is -2.45. The molecule has 0 saturated heterocycles. The summed E-state index contributed by atoms with van der Waals surface area (Å²) in [6.07, 6.45) is 3.54. The standard InChI is InChI=1S/C14H19FN2O4/c1-21-7-12(19)16-9-4-2-8(3-5-9)13-10(18)6-11(15)17-14(13)20/h6,8-9,13H,2-5,7H2,1H3,(H,16,19)(H,17,20). The molecule has 21 heavy (non-hydrogen) atoms. The van der Waals surface area contributed by atoms with Gasteiger partial charge in [-0.2, -0.15) is 4.39 Å². The van der Waals surface area contributed by atoms with E-state index in [2.05, 4.69) is 10.6 Å². The van der Waals surface area contributed by atoms with Gasteiger partial charge in [0.2, 0.25) is 11.8 Å². The van der Waals surface area contributed by atoms with Crippen molar-refractivity contribution < 1.29 is 23.5 Å². The Bertz CT molecular complexity index is 470. The van der Waals surface area contributed by atoms with Crippen LogP contribution in [0.4, 0.5) is 4.39 Å². The van der Waals surface area contributed by atoms with Crippen LogP contribution in [0, 0.1) is 11.8 Å². The monoisotopic (exact) mass is 298 g/mol. The third-order valence-corrected chi connectivity index (χ3v) is 3.98. The maximum atomic E-state index is 13.0. The van der Waals surface area contributed by atoms with Gasteiger partial charge in [-0.15, -0.1) is 0 Å². The Kier molecular flexibility index (Phi) is 5.06. The number of halogens is 1. The molecule has 116 valence electrons. The van der Waals surface area contributed by atoms with Crippen molar-refractivity contribution in [2.75, 3.05) is 13.7 Å². The first-order valence-corrected chi connectivity index (χ1v) is 7.01. The van der Waals surface area contributed by atoms with E-state index in [1.165, 1.54) is 7.11 Å². The van der Waals surface area contributed by atoms with E-state index in [-0.39, 0.29) is 24.5 Å². The zero-order valence-electron chi connectivity index (χ0n) is 11.9. The van der Waals surface area contributed by atoms with E-state index in [1.54, 1.807) is 0 Å². The van der Waals surface area contributed by atoms with E-state index < -0.39 is 23.6 Å². The summed E-state index contributed by atoms with van der Waals surface area (Å²) < 4.78 is 17.7. The first kappa shape index (κ1) is 15.6. The Morgan fingerprint density at radius 3 is 2.62 bits per heavy atom. The molecule has 1 fully saturated rings. The predicted octanol–water partition coefficient (Wildman–Crippen LogP) is 0.434. The molecule has 1 aliphatic carbocycles. The fourth-order valence-corrected chi connectivity index (χ4v) is 3.02. The molecular weight excluding hydrogens is 279 g/mol. The van der Waals surface area contributed by atoms with Crippen molar-refractivity contribution in [1.29, 1.82) is 0 Å². The second kappa shape index (κ2) is 6.80. The molecule has 2 N–H and O–H groups in total. The average molecular weight is 298 g/mol. The number of amides is 2. The van der Waals surface area contributed by atoms with Crippen LogP contribution in [-0.4, -0.2) is 37.4 Å². The lowest BCUT2D eigenvalue weighted by Gasteiger charge is -2.33. The van der Waals surface area contributed by atoms with Crippen LogP contribution in [0.2, 0.25) is 0 Å². The topological polar surface area (TPSA) is 84.5 Å². The molecule has 0 bridgehead atoms. The van der Waals surface area contributed by atoms with Gasteiger partial charge in [0.05, 0.1) is 0 Å². The van der Waals surface area contributed by atoms with E-state index in [9.17, 15) is 18.8 Å². The van der Waals surface area contributed by atoms with Crippen molar-refractivity contribution in [3.05, 3.63) is 12.0 Å². The van der Waals surface area contributed by atoms with Crippen molar-refractivity contribution in [2.24, 2.45) is 11.8 Å². The molecule has 0 aromatic heterocycles. The van der Waals surface area contributed by atoms with Crippen molar-refractivity contribution in [3.8, 4) is 0 Å². The Morgan fingerprint density at radius 1 is 1.38 bits per heavy atom. The summed E-state index contributed by atoms with van der Waals surface area (Å²) in [4.78, 5) is 35.0. The quantitative estimate of drug-likeness (QED) is 0.582. The van der Waals surface area contributed by atoms with E-state index in [0.29, 0.717) is 25.7 Å². The van der Waals surface area contributed by atoms with Crippen LogP contribution < -0.4 is 10.6 Å². The van der Waals surface area contributed by atoms with E-state index in [0.717, 1.165) is 6.08 Å². The van der Waals surface area contributed by atoms with Gasteiger partial charge in [0, 0.05) is 19.2 Å². The number of nitrogens with one attached hydrogen (secondary N) is 2. The van der Waals surface area contributed by atoms with Gasteiger partial charge in [-0.05, 0) is 31.6 Å². The van der Waals surface area contributed by atoms with Crippen LogP contribution in [0.5, 0.6) is 0 Å². The predicted molar refractivity (Wildman–Crippen MR) is 71.6 cm³/mol. The summed E-state index contributed by atoms with van der Waals surface area (Å²) in [5, 5.41) is 4.92. The minimum Gasteiger partial charge on any atom is -0.375 e. The summed E-state index contributed by atoms with van der Waals surface area (Å²) in [6, 6.07) is 0.0398. The fraction of sp³-hybridized carbons (Fsp3) is 0.643. The molecule has 0 aromatic rings. The van der Waals surface area contributed by atoms with Gasteiger partial charge in [-0.25, -0.2) is 0 Å². The molecule has 6 nitrogen and oxygen atoms in total. The molecule has 7 heteroatoms. The first-order valence-electron chi connectivity index (χ1n) is 7.01. The number of ether oxygens (including phenoxy) is 1. The van der Waals surface area contributed by atoms with Crippen molar-refractivity contribution in [1.82, 2.24) is 10.6 Å². The Morgan fingerprint density at radius 2 is 2.05 bits per heavy atom. The summed E-state index contributed by atoms with van der Waals surface area (Å²) >= 11 is 0. The van der Waals surface area contributed by atoms with Crippen LogP contribution >= 0.6 is 0 Å². The lowest BCUT2D eigenvalue weighted by atomic mass is 9.75. The Labute approximate surface area is 122 Å². The van der Waals surface area contributed by atoms with Gasteiger partial charge in [0.1, 0.15) is 12.5 Å². The molecule has 2 aliphatic rings. The zero-order valence-corrected chi connectivity index (χ0v) is 11.9. The number of allylic oxidation sites excluding steroid dienone is 1. The third kappa shape index (κ3) is 3.87. The maximum Gasteiger partial charge on any atom is 0.246 e. The number of rotatable bonds is 4. The molecule has 1 atom stereocenters. The van der Waals surface area contributed by atoms with Crippen molar-refractivity contribution in [2.45, 2.75) is 31.7 Å². The van der Waals surface area contributed by atoms with Gasteiger partial charge < -0.3 is 15.4 Å². The number of carbonyl (C=O) groups excluding carboxylic acids is 3. The van der Waals surface area contributed by atoms with Gasteiger partial charge >= 0.3 is 0 Å². The van der Waals surface area contributed by atoms with Gasteiger partial charge in [0.15, 0.2) is 11.7 Å². The molecule has 0 aromatic carbocycles. The number of ketones is 1. The van der Waals surface area contributed by atoms with Crippen LogP contribution in [0.3, 0.4) is 0 Å². The number of hydrogen-bond donors (Lipinski definition) is 2. The largest absolute Gasteiger partial charge is 0.375 e. The van der Waals surface area contributed by atoms with E-state index in [4.69, 9.17) is 4.74 Å². The normalized spacial score (nSPS) is 29.6. The average Bonchev–Trinajstić information content (AvgIpc) is 2.39. The Hall–Kier alpha value is -1.76. The molecule has 1 unspecified atom stereocenters. The molecule has 0 spiro atoms. The van der Waals surface area contributed by atoms with Crippen molar-refractivity contribution in [3.63, 3.8) is 0 Å². The van der Waals surface area contributed by atoms with Crippen LogP contribution in [0.25, 0.3) is 0 Å². The maximum absolute atomic E-state index is 13.0. The van der Waals surface area contributed by atoms with E-state index in [1.807, 2.05) is 0 Å². The fourth-order valence-electron chi connectivity index (χ4n) is 3.02. The highest BCUT2D eigenvalue weighted by molar-refractivity contribution is 6.09. The van der Waals surface area contributed by atoms with E-state index >= 15 is 0 Å². The molecule has 2 amide bonds. The SMILES string of the molecule is COCC(=O)NC1CCC(C2C(=O)C=C(F)NC2=O)CC1. The van der Waals surface area contributed by atoms with Gasteiger partial charge in [-0.1, -0.05) is 0 Å². The first-order chi connectivity index (χ1) is 10.0. The molecule has 2 rings (SSSR count). The highest BCUT2D eigenvalue weighted by Gasteiger charge is 2.39. The van der Waals surface area contributed by atoms with Gasteiger partial charge in [-0.3, -0.25) is 14.4 Å². The molecule has 0 radical (unpaired) electrons. The number of carbonyl (C=O) groups is 3. The number of hydrogen-bond acceptors (Lipinski definition) is 4. The smallest absolute Gasteiger partial charge is 0.246 e. The van der Waals surface area contributed by atoms with Gasteiger partial charge in [0.25, 0.3) is 0 Å². The molecule has 1 heterocycles. The number of methoxy groups -OCH3 is 1. The molecule has 1 aliphatic heterocycles. The minimum absolute atomic E-state index is 0.0213. The summed E-state index contributed by atoms with van der Waals surface area (Å²) in [7, 11) is 1.45. The summed E-state index contributed by atoms with van der Waals surface area (Å²) in [5.74, 6) is -2.99. The zero-order chi connectivity index (χ0) is 15.4. The Balaban J connectivity index is 1.88. The molecular formula is C14H19FN2O4. The second-order valence-electron chi connectivity index (χ2n) is 5.47. The minimum atomic E-state index is -0.887. The van der Waals surface area contributed by atoms with Crippen LogP contribution in [0.15, 0.2) is 12.0 Å². The van der Waals surface area contributed by atoms with Crippen molar-refractivity contribution >= 4 is 17.6 Å². The second-order valence-corrected chi connectivity index (χ2v) is 5.47. The summed E-state index contributed by atoms with van der Waals surface area (Å²) in [6.45, 7) is 0.0213. The lowest BCUT2D eigenvalue weighted by molar-refractivity contribution is -0.136. The third-order valence-electron chi connectivity index (χ3n) is 3.98. The van der Waals surface area contributed by atoms with Crippen LogP contribution in [0.1, 0.15) is 25.7 Å². The van der Waals surface area contributed by atoms with Crippen LogP contribution in [-0.2, 0) is 19.1 Å². The highest BCUT2D eigenvalue weighted by atomic mass is 19.1.